The Balaban J connectivity index is 2.21. The molecule has 2 heteroatoms. The second-order valence-corrected chi connectivity index (χ2v) is 4.28. The zero-order chi connectivity index (χ0) is 12.1. The normalized spacial score (nSPS) is 15.2. The summed E-state index contributed by atoms with van der Waals surface area (Å²) in [7, 11) is 0. The van der Waals surface area contributed by atoms with Crippen LogP contribution in [-0.4, -0.2) is 12.6 Å². The molecule has 17 heavy (non-hydrogen) atoms. The Hall–Kier alpha value is -1.57. The van der Waals surface area contributed by atoms with Gasteiger partial charge >= 0.3 is 5.97 Å². The SMILES string of the molecule is CCOC(=O)c1cccc(C2=CCCCC2)c1. The lowest BCUT2D eigenvalue weighted by Crippen LogP contribution is -2.05. The summed E-state index contributed by atoms with van der Waals surface area (Å²) in [5.74, 6) is -0.231. The van der Waals surface area contributed by atoms with Crippen LogP contribution in [0.15, 0.2) is 30.3 Å². The molecule has 0 N–H and O–H groups in total. The summed E-state index contributed by atoms with van der Waals surface area (Å²) in [5, 5.41) is 0. The first-order valence-electron chi connectivity index (χ1n) is 6.28. The smallest absolute Gasteiger partial charge is 0.338 e. The third-order valence-corrected chi connectivity index (χ3v) is 3.04. The standard InChI is InChI=1S/C15H18O2/c1-2-17-15(16)14-10-6-9-13(11-14)12-7-4-3-5-8-12/h6-7,9-11H,2-5,8H2,1H3. The minimum Gasteiger partial charge on any atom is -0.462 e. The first kappa shape index (κ1) is 11.9. The van der Waals surface area contributed by atoms with E-state index in [1.54, 1.807) is 0 Å². The number of allylic oxidation sites excluding steroid dienone is 2. The maximum atomic E-state index is 11.6. The lowest BCUT2D eigenvalue weighted by Gasteiger charge is -2.13. The van der Waals surface area contributed by atoms with E-state index < -0.39 is 0 Å². The van der Waals surface area contributed by atoms with E-state index in [1.165, 1.54) is 18.4 Å². The van der Waals surface area contributed by atoms with Crippen molar-refractivity contribution >= 4 is 11.5 Å². The molecule has 2 nitrogen and oxygen atoms in total. The molecule has 0 heterocycles. The summed E-state index contributed by atoms with van der Waals surface area (Å²) >= 11 is 0. The molecule has 0 fully saturated rings. The van der Waals surface area contributed by atoms with E-state index in [9.17, 15) is 4.79 Å². The molecule has 0 amide bonds. The summed E-state index contributed by atoms with van der Waals surface area (Å²) in [4.78, 5) is 11.6. The summed E-state index contributed by atoms with van der Waals surface area (Å²) in [6, 6.07) is 7.75. The first-order valence-corrected chi connectivity index (χ1v) is 6.28. The Morgan fingerprint density at radius 1 is 1.35 bits per heavy atom. The number of hydrogen-bond acceptors (Lipinski definition) is 2. The molecule has 2 rings (SSSR count). The fourth-order valence-corrected chi connectivity index (χ4v) is 2.16. The van der Waals surface area contributed by atoms with Crippen LogP contribution in [-0.2, 0) is 4.74 Å². The Kier molecular flexibility index (Phi) is 3.97. The summed E-state index contributed by atoms with van der Waals surface area (Å²) in [6.45, 7) is 2.25. The van der Waals surface area contributed by atoms with E-state index in [1.807, 2.05) is 25.1 Å². The lowest BCUT2D eigenvalue weighted by molar-refractivity contribution is 0.0526. The van der Waals surface area contributed by atoms with Gasteiger partial charge in [-0.2, -0.15) is 0 Å². The van der Waals surface area contributed by atoms with Gasteiger partial charge in [-0.3, -0.25) is 0 Å². The molecule has 0 aromatic heterocycles. The molecule has 1 aromatic rings. The molecule has 0 radical (unpaired) electrons. The third kappa shape index (κ3) is 2.96. The quantitative estimate of drug-likeness (QED) is 0.738. The number of esters is 1. The summed E-state index contributed by atoms with van der Waals surface area (Å²) in [6.07, 6.45) is 7.08. The van der Waals surface area contributed by atoms with Crippen molar-refractivity contribution in [2.75, 3.05) is 6.61 Å². The van der Waals surface area contributed by atoms with Gasteiger partial charge in [0.2, 0.25) is 0 Å². The Morgan fingerprint density at radius 3 is 2.94 bits per heavy atom. The highest BCUT2D eigenvalue weighted by Crippen LogP contribution is 2.27. The van der Waals surface area contributed by atoms with E-state index in [4.69, 9.17) is 4.74 Å². The number of ether oxygens (including phenoxy) is 1. The van der Waals surface area contributed by atoms with Gasteiger partial charge in [0.1, 0.15) is 0 Å². The van der Waals surface area contributed by atoms with Gasteiger partial charge in [-0.05, 0) is 55.9 Å². The monoisotopic (exact) mass is 230 g/mol. The molecule has 1 aliphatic carbocycles. The van der Waals surface area contributed by atoms with Gasteiger partial charge in [0, 0.05) is 0 Å². The maximum absolute atomic E-state index is 11.6. The van der Waals surface area contributed by atoms with Crippen molar-refractivity contribution in [3.63, 3.8) is 0 Å². The Labute approximate surface area is 102 Å². The van der Waals surface area contributed by atoms with Crippen molar-refractivity contribution in [1.82, 2.24) is 0 Å². The largest absolute Gasteiger partial charge is 0.462 e. The van der Waals surface area contributed by atoms with Gasteiger partial charge in [-0.25, -0.2) is 4.79 Å². The number of rotatable bonds is 3. The van der Waals surface area contributed by atoms with Crippen molar-refractivity contribution in [1.29, 1.82) is 0 Å². The highest BCUT2D eigenvalue weighted by atomic mass is 16.5. The minimum absolute atomic E-state index is 0.231. The van der Waals surface area contributed by atoms with Crippen LogP contribution in [0.3, 0.4) is 0 Å². The molecule has 0 unspecified atom stereocenters. The lowest BCUT2D eigenvalue weighted by atomic mass is 9.93. The number of carbonyl (C=O) groups excluding carboxylic acids is 1. The fraction of sp³-hybridized carbons (Fsp3) is 0.400. The molecule has 0 saturated heterocycles. The van der Waals surface area contributed by atoms with E-state index in [-0.39, 0.29) is 5.97 Å². The number of hydrogen-bond donors (Lipinski definition) is 0. The minimum atomic E-state index is -0.231. The zero-order valence-electron chi connectivity index (χ0n) is 10.2. The predicted octanol–water partition coefficient (Wildman–Crippen LogP) is 3.82. The van der Waals surface area contributed by atoms with E-state index in [2.05, 4.69) is 12.1 Å². The molecular formula is C15H18O2. The molecule has 1 aliphatic rings. The van der Waals surface area contributed by atoms with Crippen LogP contribution in [0.5, 0.6) is 0 Å². The summed E-state index contributed by atoms with van der Waals surface area (Å²) < 4.78 is 5.01. The van der Waals surface area contributed by atoms with Crippen molar-refractivity contribution in [3.8, 4) is 0 Å². The topological polar surface area (TPSA) is 26.3 Å². The maximum Gasteiger partial charge on any atom is 0.338 e. The summed E-state index contributed by atoms with van der Waals surface area (Å²) in [5.41, 5.74) is 3.17. The van der Waals surface area contributed by atoms with Crippen molar-refractivity contribution in [2.45, 2.75) is 32.6 Å². The van der Waals surface area contributed by atoms with Crippen LogP contribution in [0.2, 0.25) is 0 Å². The molecule has 0 spiro atoms. The van der Waals surface area contributed by atoms with Gasteiger partial charge in [0.15, 0.2) is 0 Å². The van der Waals surface area contributed by atoms with E-state index in [0.29, 0.717) is 12.2 Å². The molecule has 1 aromatic carbocycles. The van der Waals surface area contributed by atoms with Crippen LogP contribution in [0, 0.1) is 0 Å². The highest BCUT2D eigenvalue weighted by Gasteiger charge is 2.10. The average molecular weight is 230 g/mol. The second kappa shape index (κ2) is 5.67. The highest BCUT2D eigenvalue weighted by molar-refractivity contribution is 5.90. The van der Waals surface area contributed by atoms with Crippen molar-refractivity contribution < 1.29 is 9.53 Å². The van der Waals surface area contributed by atoms with Crippen LogP contribution in [0.25, 0.3) is 5.57 Å². The van der Waals surface area contributed by atoms with Gasteiger partial charge in [-0.15, -0.1) is 0 Å². The number of carbonyl (C=O) groups is 1. The number of benzene rings is 1. The van der Waals surface area contributed by atoms with Crippen molar-refractivity contribution in [2.24, 2.45) is 0 Å². The molecule has 0 atom stereocenters. The second-order valence-electron chi connectivity index (χ2n) is 4.28. The molecule has 0 saturated carbocycles. The third-order valence-electron chi connectivity index (χ3n) is 3.04. The molecular weight excluding hydrogens is 212 g/mol. The average Bonchev–Trinajstić information content (AvgIpc) is 2.40. The van der Waals surface area contributed by atoms with Crippen molar-refractivity contribution in [3.05, 3.63) is 41.5 Å². The van der Waals surface area contributed by atoms with Gasteiger partial charge in [0.25, 0.3) is 0 Å². The fourth-order valence-electron chi connectivity index (χ4n) is 2.16. The first-order chi connectivity index (χ1) is 8.31. The van der Waals surface area contributed by atoms with Crippen LogP contribution >= 0.6 is 0 Å². The van der Waals surface area contributed by atoms with Crippen LogP contribution < -0.4 is 0 Å². The van der Waals surface area contributed by atoms with Gasteiger partial charge < -0.3 is 4.74 Å². The van der Waals surface area contributed by atoms with E-state index in [0.717, 1.165) is 18.4 Å². The molecule has 0 aliphatic heterocycles. The molecule has 0 bridgehead atoms. The van der Waals surface area contributed by atoms with E-state index >= 15 is 0 Å². The van der Waals surface area contributed by atoms with Crippen LogP contribution in [0.1, 0.15) is 48.5 Å². The zero-order valence-corrected chi connectivity index (χ0v) is 10.2. The van der Waals surface area contributed by atoms with Gasteiger partial charge in [-0.1, -0.05) is 18.2 Å². The predicted molar refractivity (Wildman–Crippen MR) is 68.8 cm³/mol. The van der Waals surface area contributed by atoms with Gasteiger partial charge in [0.05, 0.1) is 12.2 Å². The Bertz CT molecular complexity index is 432. The van der Waals surface area contributed by atoms with Crippen LogP contribution in [0.4, 0.5) is 0 Å². The molecule has 90 valence electrons. The Morgan fingerprint density at radius 2 is 2.24 bits per heavy atom.